The summed E-state index contributed by atoms with van der Waals surface area (Å²) >= 11 is 0. The molecule has 3 aromatic rings. The number of H-pyrrole nitrogens is 1. The van der Waals surface area contributed by atoms with E-state index in [2.05, 4.69) is 15.1 Å². The van der Waals surface area contributed by atoms with Crippen LogP contribution in [0.15, 0.2) is 35.3 Å². The Bertz CT molecular complexity index is 1200. The molecule has 1 aromatic carbocycles. The largest absolute Gasteiger partial charge is 0.416 e. The third-order valence-corrected chi connectivity index (χ3v) is 5.13. The first kappa shape index (κ1) is 19.9. The van der Waals surface area contributed by atoms with Gasteiger partial charge in [0.1, 0.15) is 0 Å². The normalized spacial score (nSPS) is 14.0. The average Bonchev–Trinajstić information content (AvgIpc) is 3.06. The van der Waals surface area contributed by atoms with Gasteiger partial charge in [0.05, 0.1) is 23.0 Å². The molecule has 1 N–H and O–H groups in total. The van der Waals surface area contributed by atoms with Crippen LogP contribution in [-0.4, -0.2) is 37.1 Å². The van der Waals surface area contributed by atoms with Gasteiger partial charge in [0.15, 0.2) is 0 Å². The summed E-state index contributed by atoms with van der Waals surface area (Å²) < 4.78 is 40.5. The Morgan fingerprint density at radius 1 is 1.17 bits per heavy atom. The van der Waals surface area contributed by atoms with Gasteiger partial charge in [-0.25, -0.2) is 9.67 Å². The number of nitrogens with one attached hydrogen (secondary N) is 1. The summed E-state index contributed by atoms with van der Waals surface area (Å²) in [6, 6.07) is 4.99. The van der Waals surface area contributed by atoms with Gasteiger partial charge >= 0.3 is 6.18 Å². The molecule has 4 rings (SSSR count). The van der Waals surface area contributed by atoms with Gasteiger partial charge in [0.2, 0.25) is 5.95 Å². The number of carbonyl (C=O) groups is 1. The molecule has 0 saturated carbocycles. The summed E-state index contributed by atoms with van der Waals surface area (Å²) in [4.78, 5) is 33.1. The molecule has 1 aliphatic heterocycles. The molecule has 0 radical (unpaired) electrons. The van der Waals surface area contributed by atoms with Gasteiger partial charge in [0.25, 0.3) is 11.5 Å². The molecule has 156 valence electrons. The highest BCUT2D eigenvalue weighted by molar-refractivity contribution is 5.95. The van der Waals surface area contributed by atoms with E-state index in [0.717, 1.165) is 17.7 Å². The third kappa shape index (κ3) is 3.60. The van der Waals surface area contributed by atoms with E-state index in [4.69, 9.17) is 0 Å². The van der Waals surface area contributed by atoms with E-state index in [9.17, 15) is 22.8 Å². The van der Waals surface area contributed by atoms with Gasteiger partial charge in [0, 0.05) is 24.8 Å². The van der Waals surface area contributed by atoms with E-state index in [1.54, 1.807) is 13.8 Å². The number of aryl methyl sites for hydroxylation is 1. The molecule has 3 heterocycles. The zero-order valence-corrected chi connectivity index (χ0v) is 16.2. The number of fused-ring (bicyclic) bond motifs is 1. The monoisotopic (exact) mass is 417 g/mol. The van der Waals surface area contributed by atoms with Crippen molar-refractivity contribution in [3.8, 4) is 5.95 Å². The van der Waals surface area contributed by atoms with E-state index in [1.807, 2.05) is 0 Å². The first-order valence-corrected chi connectivity index (χ1v) is 9.25. The maximum atomic E-state index is 13.0. The zero-order chi connectivity index (χ0) is 21.6. The average molecular weight is 417 g/mol. The molecular weight excluding hydrogens is 399 g/mol. The molecule has 0 fully saturated rings. The van der Waals surface area contributed by atoms with Crippen molar-refractivity contribution in [2.75, 3.05) is 6.54 Å². The molecule has 0 unspecified atom stereocenters. The van der Waals surface area contributed by atoms with Crippen molar-refractivity contribution in [1.29, 1.82) is 0 Å². The van der Waals surface area contributed by atoms with Crippen LogP contribution in [-0.2, 0) is 19.1 Å². The molecule has 0 aliphatic carbocycles. The second kappa shape index (κ2) is 7.12. The molecular formula is C20H18F3N5O2. The Kier molecular flexibility index (Phi) is 4.71. The summed E-state index contributed by atoms with van der Waals surface area (Å²) in [6.45, 7) is 3.82. The third-order valence-electron chi connectivity index (χ3n) is 5.13. The summed E-state index contributed by atoms with van der Waals surface area (Å²) in [6.07, 6.45) is -2.59. The first-order valence-electron chi connectivity index (χ1n) is 9.25. The van der Waals surface area contributed by atoms with Crippen molar-refractivity contribution in [3.63, 3.8) is 0 Å². The van der Waals surface area contributed by atoms with Gasteiger partial charge in [-0.15, -0.1) is 0 Å². The number of aromatic amines is 1. The molecule has 0 spiro atoms. The number of hydrogen-bond donors (Lipinski definition) is 1. The van der Waals surface area contributed by atoms with Crippen molar-refractivity contribution >= 4 is 5.91 Å². The van der Waals surface area contributed by atoms with Gasteiger partial charge in [-0.2, -0.15) is 18.3 Å². The lowest BCUT2D eigenvalue weighted by Gasteiger charge is -2.29. The van der Waals surface area contributed by atoms with Crippen LogP contribution in [0.4, 0.5) is 13.2 Å². The summed E-state index contributed by atoms with van der Waals surface area (Å²) in [5.41, 5.74) is 1.50. The quantitative estimate of drug-likeness (QED) is 0.695. The Morgan fingerprint density at radius 2 is 1.93 bits per heavy atom. The Morgan fingerprint density at radius 3 is 2.63 bits per heavy atom. The lowest BCUT2D eigenvalue weighted by molar-refractivity contribution is -0.137. The lowest BCUT2D eigenvalue weighted by Crippen LogP contribution is -2.36. The highest BCUT2D eigenvalue weighted by atomic mass is 19.4. The Balaban J connectivity index is 1.62. The van der Waals surface area contributed by atoms with E-state index in [0.29, 0.717) is 35.5 Å². The number of halogens is 3. The summed E-state index contributed by atoms with van der Waals surface area (Å²) in [5, 5.41) is 4.16. The molecule has 2 aromatic heterocycles. The van der Waals surface area contributed by atoms with E-state index < -0.39 is 11.7 Å². The van der Waals surface area contributed by atoms with Gasteiger partial charge in [-0.05, 0) is 43.5 Å². The smallest absolute Gasteiger partial charge is 0.334 e. The van der Waals surface area contributed by atoms with Crippen molar-refractivity contribution in [2.45, 2.75) is 33.0 Å². The maximum Gasteiger partial charge on any atom is 0.416 e. The SMILES string of the molecule is Cc1cc(=O)[nH]c(-n2ncc(C(=O)N3CCc4ccc(C(F)(F)F)cc4C3)c2C)n1. The Hall–Kier alpha value is -3.43. The van der Waals surface area contributed by atoms with Crippen LogP contribution in [0.3, 0.4) is 0 Å². The Labute approximate surface area is 169 Å². The number of hydrogen-bond acceptors (Lipinski definition) is 4. The van der Waals surface area contributed by atoms with E-state index >= 15 is 0 Å². The van der Waals surface area contributed by atoms with Crippen LogP contribution in [0.2, 0.25) is 0 Å². The number of nitrogens with zero attached hydrogens (tertiary/aromatic N) is 4. The first-order chi connectivity index (χ1) is 14.1. The maximum absolute atomic E-state index is 13.0. The highest BCUT2D eigenvalue weighted by Crippen LogP contribution is 2.32. The number of rotatable bonds is 2. The molecule has 10 heteroatoms. The number of amides is 1. The number of benzene rings is 1. The van der Waals surface area contributed by atoms with Gasteiger partial charge in [-0.1, -0.05) is 6.07 Å². The van der Waals surface area contributed by atoms with E-state index in [-0.39, 0.29) is 24.0 Å². The number of alkyl halides is 3. The number of carbonyl (C=O) groups excluding carboxylic acids is 1. The highest BCUT2D eigenvalue weighted by Gasteiger charge is 2.32. The molecule has 0 bridgehead atoms. The van der Waals surface area contributed by atoms with E-state index in [1.165, 1.54) is 27.9 Å². The van der Waals surface area contributed by atoms with Crippen molar-refractivity contribution in [2.24, 2.45) is 0 Å². The minimum atomic E-state index is -4.43. The minimum absolute atomic E-state index is 0.0856. The summed E-state index contributed by atoms with van der Waals surface area (Å²) in [5.74, 6) is -0.146. The predicted octanol–water partition coefficient (Wildman–Crippen LogP) is 2.79. The molecule has 0 saturated heterocycles. The van der Waals surface area contributed by atoms with Gasteiger partial charge in [-0.3, -0.25) is 14.6 Å². The lowest BCUT2D eigenvalue weighted by atomic mass is 9.96. The van der Waals surface area contributed by atoms with Crippen LogP contribution >= 0.6 is 0 Å². The fourth-order valence-corrected chi connectivity index (χ4v) is 3.57. The van der Waals surface area contributed by atoms with Crippen LogP contribution in [0.5, 0.6) is 0 Å². The van der Waals surface area contributed by atoms with Crippen LogP contribution in [0.25, 0.3) is 5.95 Å². The topological polar surface area (TPSA) is 83.9 Å². The summed E-state index contributed by atoms with van der Waals surface area (Å²) in [7, 11) is 0. The molecule has 0 atom stereocenters. The van der Waals surface area contributed by atoms with Crippen LogP contribution < -0.4 is 5.56 Å². The molecule has 30 heavy (non-hydrogen) atoms. The van der Waals surface area contributed by atoms with Crippen molar-refractivity contribution < 1.29 is 18.0 Å². The molecule has 1 amide bonds. The second-order valence-electron chi connectivity index (χ2n) is 7.22. The fourth-order valence-electron chi connectivity index (χ4n) is 3.57. The van der Waals surface area contributed by atoms with Crippen LogP contribution in [0, 0.1) is 13.8 Å². The van der Waals surface area contributed by atoms with Crippen molar-refractivity contribution in [1.82, 2.24) is 24.6 Å². The predicted molar refractivity (Wildman–Crippen MR) is 101 cm³/mol. The zero-order valence-electron chi connectivity index (χ0n) is 16.2. The number of aromatic nitrogens is 4. The second-order valence-corrected chi connectivity index (χ2v) is 7.22. The molecule has 1 aliphatic rings. The van der Waals surface area contributed by atoms with Crippen LogP contribution in [0.1, 0.15) is 38.4 Å². The fraction of sp³-hybridized carbons (Fsp3) is 0.300. The van der Waals surface area contributed by atoms with Gasteiger partial charge < -0.3 is 4.90 Å². The van der Waals surface area contributed by atoms with Crippen molar-refractivity contribution in [3.05, 3.63) is 74.5 Å². The standard InChI is InChI=1S/C20H18F3N5O2/c1-11-7-17(29)26-19(25-11)28-12(2)16(9-24-28)18(30)27-6-5-13-3-4-15(20(21,22)23)8-14(13)10-27/h3-4,7-9H,5-6,10H2,1-2H3,(H,25,26,29). The minimum Gasteiger partial charge on any atom is -0.334 e. The molecule has 7 nitrogen and oxygen atoms in total.